The zero-order valence-corrected chi connectivity index (χ0v) is 11.4. The van der Waals surface area contributed by atoms with Crippen LogP contribution in [0.15, 0.2) is 36.5 Å². The summed E-state index contributed by atoms with van der Waals surface area (Å²) in [7, 11) is -3.32. The van der Waals surface area contributed by atoms with Gasteiger partial charge in [-0.1, -0.05) is 18.2 Å². The van der Waals surface area contributed by atoms with Crippen molar-refractivity contribution in [2.75, 3.05) is 17.0 Å². The topological polar surface area (TPSA) is 85.1 Å². The van der Waals surface area contributed by atoms with Gasteiger partial charge in [-0.3, -0.25) is 9.71 Å². The van der Waals surface area contributed by atoms with Crippen molar-refractivity contribution in [3.63, 3.8) is 0 Å². The number of fused-ring (bicyclic) bond motifs is 1. The van der Waals surface area contributed by atoms with Gasteiger partial charge >= 0.3 is 0 Å². The number of nitrogens with zero attached hydrogens (tertiary/aromatic N) is 1. The van der Waals surface area contributed by atoms with Crippen LogP contribution in [0.25, 0.3) is 10.9 Å². The maximum absolute atomic E-state index is 11.8. The number of hydrogen-bond donors (Lipinski definition) is 2. The Hall–Kier alpha value is -1.66. The summed E-state index contributed by atoms with van der Waals surface area (Å²) < 4.78 is 26.2. The molecule has 0 aliphatic heterocycles. The Morgan fingerprint density at radius 1 is 1.21 bits per heavy atom. The number of sulfonamides is 1. The second-order valence-corrected chi connectivity index (χ2v) is 6.18. The van der Waals surface area contributed by atoms with Crippen molar-refractivity contribution >= 4 is 26.6 Å². The Bertz CT molecular complexity index is 656. The first-order valence-corrected chi connectivity index (χ1v) is 7.81. The highest BCUT2D eigenvalue weighted by Gasteiger charge is 2.10. The standard InChI is InChI=1S/C13H17N3O2S/c14-7-3-4-8-19(17,18)16-12-9-11-5-1-2-6-13(11)15-10-12/h1-2,5-6,9-10,16H,3-4,7-8,14H2. The lowest BCUT2D eigenvalue weighted by molar-refractivity contribution is 0.597. The fraction of sp³-hybridized carbons (Fsp3) is 0.308. The fourth-order valence-electron chi connectivity index (χ4n) is 1.79. The molecule has 0 spiro atoms. The van der Waals surface area contributed by atoms with Gasteiger partial charge in [-0.15, -0.1) is 0 Å². The van der Waals surface area contributed by atoms with E-state index in [0.717, 1.165) is 10.9 Å². The fourth-order valence-corrected chi connectivity index (χ4v) is 2.95. The summed E-state index contributed by atoms with van der Waals surface area (Å²) in [6, 6.07) is 9.35. The number of benzene rings is 1. The van der Waals surface area contributed by atoms with Crippen molar-refractivity contribution < 1.29 is 8.42 Å². The molecule has 2 rings (SSSR count). The molecule has 0 aliphatic rings. The van der Waals surface area contributed by atoms with E-state index in [1.165, 1.54) is 6.20 Å². The SMILES string of the molecule is NCCCCS(=O)(=O)Nc1cnc2ccccc2c1. The maximum Gasteiger partial charge on any atom is 0.232 e. The molecule has 102 valence electrons. The molecular weight excluding hydrogens is 262 g/mol. The molecule has 19 heavy (non-hydrogen) atoms. The molecule has 3 N–H and O–H groups in total. The van der Waals surface area contributed by atoms with Gasteiger partial charge in [-0.2, -0.15) is 0 Å². The zero-order valence-electron chi connectivity index (χ0n) is 10.5. The van der Waals surface area contributed by atoms with E-state index in [9.17, 15) is 8.42 Å². The van der Waals surface area contributed by atoms with Crippen LogP contribution in [-0.2, 0) is 10.0 Å². The van der Waals surface area contributed by atoms with Crippen LogP contribution >= 0.6 is 0 Å². The lowest BCUT2D eigenvalue weighted by atomic mass is 10.2. The molecule has 0 unspecified atom stereocenters. The number of rotatable bonds is 6. The summed E-state index contributed by atoms with van der Waals surface area (Å²) in [5, 5.41) is 0.907. The molecule has 1 aromatic heterocycles. The average molecular weight is 279 g/mol. The van der Waals surface area contributed by atoms with E-state index in [1.54, 1.807) is 6.07 Å². The van der Waals surface area contributed by atoms with Crippen LogP contribution < -0.4 is 10.5 Å². The predicted octanol–water partition coefficient (Wildman–Crippen LogP) is 1.72. The molecule has 0 atom stereocenters. The molecule has 1 heterocycles. The minimum Gasteiger partial charge on any atom is -0.330 e. The summed E-state index contributed by atoms with van der Waals surface area (Å²) in [5.41, 5.74) is 6.68. The molecule has 1 aromatic carbocycles. The van der Waals surface area contributed by atoms with Crippen LogP contribution in [0.3, 0.4) is 0 Å². The van der Waals surface area contributed by atoms with Crippen molar-refractivity contribution in [1.29, 1.82) is 0 Å². The van der Waals surface area contributed by atoms with Gasteiger partial charge < -0.3 is 5.73 Å². The summed E-state index contributed by atoms with van der Waals surface area (Å²) >= 11 is 0. The van der Waals surface area contributed by atoms with Crippen molar-refractivity contribution in [3.05, 3.63) is 36.5 Å². The van der Waals surface area contributed by atoms with Gasteiger partial charge in [0.05, 0.1) is 23.2 Å². The Morgan fingerprint density at radius 2 is 2.00 bits per heavy atom. The van der Waals surface area contributed by atoms with Gasteiger partial charge in [0.25, 0.3) is 0 Å². The molecule has 0 saturated carbocycles. The van der Waals surface area contributed by atoms with E-state index in [0.29, 0.717) is 25.1 Å². The monoisotopic (exact) mass is 279 g/mol. The molecule has 0 radical (unpaired) electrons. The Kier molecular flexibility index (Phi) is 4.34. The van der Waals surface area contributed by atoms with Crippen molar-refractivity contribution in [1.82, 2.24) is 4.98 Å². The molecule has 6 heteroatoms. The van der Waals surface area contributed by atoms with Crippen LogP contribution in [0.2, 0.25) is 0 Å². The third-order valence-corrected chi connectivity index (χ3v) is 4.10. The van der Waals surface area contributed by atoms with Crippen LogP contribution in [0, 0.1) is 0 Å². The average Bonchev–Trinajstić information content (AvgIpc) is 2.38. The van der Waals surface area contributed by atoms with Crippen LogP contribution in [-0.4, -0.2) is 25.7 Å². The smallest absolute Gasteiger partial charge is 0.232 e. The van der Waals surface area contributed by atoms with E-state index in [-0.39, 0.29) is 5.75 Å². The van der Waals surface area contributed by atoms with Gasteiger partial charge in [0.15, 0.2) is 0 Å². The van der Waals surface area contributed by atoms with Crippen LogP contribution in [0.1, 0.15) is 12.8 Å². The number of nitrogens with two attached hydrogens (primary N) is 1. The van der Waals surface area contributed by atoms with Gasteiger partial charge in [0, 0.05) is 5.39 Å². The Balaban J connectivity index is 2.12. The Labute approximate surface area is 112 Å². The largest absolute Gasteiger partial charge is 0.330 e. The van der Waals surface area contributed by atoms with Crippen LogP contribution in [0.4, 0.5) is 5.69 Å². The molecule has 0 saturated heterocycles. The molecule has 0 aliphatic carbocycles. The van der Waals surface area contributed by atoms with E-state index in [1.807, 2.05) is 24.3 Å². The Morgan fingerprint density at radius 3 is 2.79 bits per heavy atom. The van der Waals surface area contributed by atoms with E-state index < -0.39 is 10.0 Å². The molecule has 5 nitrogen and oxygen atoms in total. The number of anilines is 1. The van der Waals surface area contributed by atoms with E-state index in [2.05, 4.69) is 9.71 Å². The minimum absolute atomic E-state index is 0.0804. The van der Waals surface area contributed by atoms with E-state index >= 15 is 0 Å². The second-order valence-electron chi connectivity index (χ2n) is 4.33. The highest BCUT2D eigenvalue weighted by molar-refractivity contribution is 7.92. The van der Waals surface area contributed by atoms with E-state index in [4.69, 9.17) is 5.73 Å². The van der Waals surface area contributed by atoms with Gasteiger partial charge in [0.2, 0.25) is 10.0 Å². The summed E-state index contributed by atoms with van der Waals surface area (Å²) in [5.74, 6) is 0.0804. The predicted molar refractivity (Wildman–Crippen MR) is 77.4 cm³/mol. The van der Waals surface area contributed by atoms with Crippen LogP contribution in [0.5, 0.6) is 0 Å². The number of unbranched alkanes of at least 4 members (excludes halogenated alkanes) is 1. The lowest BCUT2D eigenvalue weighted by Crippen LogP contribution is -2.17. The molecule has 0 bridgehead atoms. The summed E-state index contributed by atoms with van der Waals surface area (Å²) in [4.78, 5) is 4.21. The van der Waals surface area contributed by atoms with Gasteiger partial charge in [-0.05, 0) is 31.5 Å². The number of pyridine rings is 1. The first-order valence-electron chi connectivity index (χ1n) is 6.16. The maximum atomic E-state index is 11.8. The second kappa shape index (κ2) is 5.99. The minimum atomic E-state index is -3.32. The molecule has 0 fully saturated rings. The zero-order chi connectivity index (χ0) is 13.7. The number of aromatic nitrogens is 1. The summed E-state index contributed by atoms with van der Waals surface area (Å²) in [6.45, 7) is 0.507. The molecule has 0 amide bonds. The molecule has 2 aromatic rings. The summed E-state index contributed by atoms with van der Waals surface area (Å²) in [6.07, 6.45) is 2.80. The van der Waals surface area contributed by atoms with Crippen molar-refractivity contribution in [3.8, 4) is 0 Å². The van der Waals surface area contributed by atoms with Crippen molar-refractivity contribution in [2.24, 2.45) is 5.73 Å². The third kappa shape index (κ3) is 3.90. The van der Waals surface area contributed by atoms with Gasteiger partial charge in [-0.25, -0.2) is 8.42 Å². The highest BCUT2D eigenvalue weighted by atomic mass is 32.2. The first-order chi connectivity index (χ1) is 9.11. The first kappa shape index (κ1) is 13.8. The van der Waals surface area contributed by atoms with Crippen molar-refractivity contribution in [2.45, 2.75) is 12.8 Å². The normalized spacial score (nSPS) is 11.6. The number of hydrogen-bond acceptors (Lipinski definition) is 4. The van der Waals surface area contributed by atoms with Gasteiger partial charge in [0.1, 0.15) is 0 Å². The third-order valence-electron chi connectivity index (χ3n) is 2.73. The number of para-hydroxylation sites is 1. The molecular formula is C13H17N3O2S. The lowest BCUT2D eigenvalue weighted by Gasteiger charge is -2.08. The quantitative estimate of drug-likeness (QED) is 0.788. The highest BCUT2D eigenvalue weighted by Crippen LogP contribution is 2.17. The number of nitrogens with one attached hydrogen (secondary N) is 1.